The Morgan fingerprint density at radius 1 is 1.04 bits per heavy atom. The van der Waals surface area contributed by atoms with E-state index in [4.69, 9.17) is 4.74 Å². The summed E-state index contributed by atoms with van der Waals surface area (Å²) in [5.41, 5.74) is 3.63. The maximum Gasteiger partial charge on any atom is 0.148 e. The zero-order valence-corrected chi connectivity index (χ0v) is 13.9. The zero-order chi connectivity index (χ0) is 16.9. The fourth-order valence-electron chi connectivity index (χ4n) is 2.43. The smallest absolute Gasteiger partial charge is 0.148 e. The van der Waals surface area contributed by atoms with Gasteiger partial charge in [-0.2, -0.15) is 0 Å². The SMILES string of the molecule is Cc1cccc(OCC(O)CNc2nc3ccccc3nc2C)c1. The molecule has 5 heteroatoms. The minimum atomic E-state index is -0.641. The van der Waals surface area contributed by atoms with Gasteiger partial charge in [0.1, 0.15) is 24.3 Å². The largest absolute Gasteiger partial charge is 0.491 e. The van der Waals surface area contributed by atoms with Crippen LogP contribution in [0.4, 0.5) is 5.82 Å². The molecule has 2 N–H and O–H groups in total. The van der Waals surface area contributed by atoms with Gasteiger partial charge < -0.3 is 15.2 Å². The maximum absolute atomic E-state index is 10.1. The topological polar surface area (TPSA) is 67.3 Å². The highest BCUT2D eigenvalue weighted by molar-refractivity contribution is 5.76. The van der Waals surface area contributed by atoms with E-state index in [2.05, 4.69) is 15.3 Å². The van der Waals surface area contributed by atoms with Gasteiger partial charge in [0.25, 0.3) is 0 Å². The Hall–Kier alpha value is -2.66. The second-order valence-electron chi connectivity index (χ2n) is 5.81. The summed E-state index contributed by atoms with van der Waals surface area (Å²) in [4.78, 5) is 9.07. The number of aromatic nitrogens is 2. The summed E-state index contributed by atoms with van der Waals surface area (Å²) in [6.07, 6.45) is -0.641. The van der Waals surface area contributed by atoms with E-state index in [0.29, 0.717) is 12.4 Å². The molecule has 2 aromatic carbocycles. The van der Waals surface area contributed by atoms with Crippen LogP contribution in [-0.4, -0.2) is 34.3 Å². The fourth-order valence-corrected chi connectivity index (χ4v) is 2.43. The number of aliphatic hydroxyl groups excluding tert-OH is 1. The number of aryl methyl sites for hydroxylation is 2. The van der Waals surface area contributed by atoms with Gasteiger partial charge in [0.05, 0.1) is 16.7 Å². The van der Waals surface area contributed by atoms with Crippen molar-refractivity contribution >= 4 is 16.9 Å². The minimum absolute atomic E-state index is 0.219. The quantitative estimate of drug-likeness (QED) is 0.729. The Labute approximate surface area is 141 Å². The number of para-hydroxylation sites is 2. The maximum atomic E-state index is 10.1. The lowest BCUT2D eigenvalue weighted by atomic mass is 10.2. The summed E-state index contributed by atoms with van der Waals surface area (Å²) in [5.74, 6) is 1.44. The first kappa shape index (κ1) is 16.2. The monoisotopic (exact) mass is 323 g/mol. The third kappa shape index (κ3) is 4.00. The summed E-state index contributed by atoms with van der Waals surface area (Å²) in [6.45, 7) is 4.47. The molecule has 0 saturated carbocycles. The average Bonchev–Trinajstić information content (AvgIpc) is 2.58. The number of fused-ring (bicyclic) bond motifs is 1. The Bertz CT molecular complexity index is 836. The van der Waals surface area contributed by atoms with Gasteiger partial charge in [-0.15, -0.1) is 0 Å². The lowest BCUT2D eigenvalue weighted by molar-refractivity contribution is 0.117. The van der Waals surface area contributed by atoms with E-state index in [0.717, 1.165) is 28.0 Å². The number of nitrogens with zero attached hydrogens (tertiary/aromatic N) is 2. The van der Waals surface area contributed by atoms with Gasteiger partial charge in [-0.3, -0.25) is 0 Å². The van der Waals surface area contributed by atoms with E-state index >= 15 is 0 Å². The van der Waals surface area contributed by atoms with Gasteiger partial charge in [0.15, 0.2) is 0 Å². The molecule has 0 fully saturated rings. The first-order valence-corrected chi connectivity index (χ1v) is 7.96. The van der Waals surface area contributed by atoms with E-state index < -0.39 is 6.10 Å². The van der Waals surface area contributed by atoms with Crippen molar-refractivity contribution < 1.29 is 9.84 Å². The molecule has 3 rings (SSSR count). The Morgan fingerprint density at radius 2 is 1.79 bits per heavy atom. The van der Waals surface area contributed by atoms with Crippen LogP contribution >= 0.6 is 0 Å². The van der Waals surface area contributed by atoms with Gasteiger partial charge in [-0.25, -0.2) is 9.97 Å². The molecule has 5 nitrogen and oxygen atoms in total. The molecule has 0 bridgehead atoms. The normalized spacial score (nSPS) is 12.1. The molecule has 1 heterocycles. The molecule has 0 aliphatic heterocycles. The van der Waals surface area contributed by atoms with Crippen molar-refractivity contribution in [2.75, 3.05) is 18.5 Å². The van der Waals surface area contributed by atoms with E-state index in [-0.39, 0.29) is 6.61 Å². The molecule has 24 heavy (non-hydrogen) atoms. The van der Waals surface area contributed by atoms with Crippen LogP contribution in [-0.2, 0) is 0 Å². The molecule has 0 radical (unpaired) electrons. The third-order valence-corrected chi connectivity index (χ3v) is 3.68. The molecule has 0 saturated heterocycles. The highest BCUT2D eigenvalue weighted by atomic mass is 16.5. The molecular weight excluding hydrogens is 302 g/mol. The summed E-state index contributed by atoms with van der Waals surface area (Å²) >= 11 is 0. The molecular formula is C19H21N3O2. The number of nitrogens with one attached hydrogen (secondary N) is 1. The molecule has 0 aliphatic rings. The van der Waals surface area contributed by atoms with Crippen LogP contribution in [0.3, 0.4) is 0 Å². The molecule has 0 amide bonds. The van der Waals surface area contributed by atoms with Crippen molar-refractivity contribution in [2.24, 2.45) is 0 Å². The number of aliphatic hydroxyl groups is 1. The van der Waals surface area contributed by atoms with E-state index in [1.807, 2.05) is 62.4 Å². The van der Waals surface area contributed by atoms with Gasteiger partial charge in [-0.05, 0) is 43.7 Å². The van der Waals surface area contributed by atoms with Gasteiger partial charge in [0, 0.05) is 6.54 Å². The van der Waals surface area contributed by atoms with E-state index in [1.165, 1.54) is 0 Å². The fraction of sp³-hybridized carbons (Fsp3) is 0.263. The predicted molar refractivity (Wildman–Crippen MR) is 95.4 cm³/mol. The third-order valence-electron chi connectivity index (χ3n) is 3.68. The minimum Gasteiger partial charge on any atom is -0.491 e. The zero-order valence-electron chi connectivity index (χ0n) is 13.9. The van der Waals surface area contributed by atoms with Crippen LogP contribution in [0, 0.1) is 13.8 Å². The first-order valence-electron chi connectivity index (χ1n) is 7.96. The molecule has 3 aromatic rings. The van der Waals surface area contributed by atoms with Gasteiger partial charge in [0.2, 0.25) is 0 Å². The second-order valence-corrected chi connectivity index (χ2v) is 5.81. The Morgan fingerprint density at radius 3 is 2.54 bits per heavy atom. The Balaban J connectivity index is 1.58. The van der Waals surface area contributed by atoms with E-state index in [9.17, 15) is 5.11 Å². The molecule has 1 unspecified atom stereocenters. The number of ether oxygens (including phenoxy) is 1. The van der Waals surface area contributed by atoms with Gasteiger partial charge in [-0.1, -0.05) is 24.3 Å². The molecule has 1 atom stereocenters. The summed E-state index contributed by atoms with van der Waals surface area (Å²) in [5, 5.41) is 13.3. The first-order chi connectivity index (χ1) is 11.6. The van der Waals surface area contributed by atoms with E-state index in [1.54, 1.807) is 0 Å². The summed E-state index contributed by atoms with van der Waals surface area (Å²) < 4.78 is 5.61. The van der Waals surface area contributed by atoms with Crippen LogP contribution in [0.2, 0.25) is 0 Å². The summed E-state index contributed by atoms with van der Waals surface area (Å²) in [7, 11) is 0. The highest BCUT2D eigenvalue weighted by Gasteiger charge is 2.09. The molecule has 0 aliphatic carbocycles. The number of hydrogen-bond acceptors (Lipinski definition) is 5. The highest BCUT2D eigenvalue weighted by Crippen LogP contribution is 2.16. The molecule has 0 spiro atoms. The van der Waals surface area contributed by atoms with Crippen LogP contribution in [0.5, 0.6) is 5.75 Å². The molecule has 1 aromatic heterocycles. The van der Waals surface area contributed by atoms with Crippen molar-refractivity contribution in [2.45, 2.75) is 20.0 Å². The summed E-state index contributed by atoms with van der Waals surface area (Å²) in [6, 6.07) is 15.5. The van der Waals surface area contributed by atoms with Crippen LogP contribution in [0.15, 0.2) is 48.5 Å². The van der Waals surface area contributed by atoms with Crippen LogP contribution < -0.4 is 10.1 Å². The number of rotatable bonds is 6. The lowest BCUT2D eigenvalue weighted by Crippen LogP contribution is -2.27. The van der Waals surface area contributed by atoms with Crippen LogP contribution in [0.25, 0.3) is 11.0 Å². The van der Waals surface area contributed by atoms with Gasteiger partial charge >= 0.3 is 0 Å². The van der Waals surface area contributed by atoms with Crippen LogP contribution in [0.1, 0.15) is 11.3 Å². The van der Waals surface area contributed by atoms with Crippen molar-refractivity contribution in [3.63, 3.8) is 0 Å². The van der Waals surface area contributed by atoms with Crippen molar-refractivity contribution in [1.82, 2.24) is 9.97 Å². The molecule has 124 valence electrons. The van der Waals surface area contributed by atoms with Crippen molar-refractivity contribution in [3.8, 4) is 5.75 Å². The number of hydrogen-bond donors (Lipinski definition) is 2. The van der Waals surface area contributed by atoms with Crippen molar-refractivity contribution in [3.05, 3.63) is 59.8 Å². The lowest BCUT2D eigenvalue weighted by Gasteiger charge is -2.15. The number of anilines is 1. The predicted octanol–water partition coefficient (Wildman–Crippen LogP) is 3.10. The Kier molecular flexibility index (Phi) is 4.91. The second kappa shape index (κ2) is 7.27. The number of benzene rings is 2. The van der Waals surface area contributed by atoms with Crippen molar-refractivity contribution in [1.29, 1.82) is 0 Å². The average molecular weight is 323 g/mol. The standard InChI is InChI=1S/C19H21N3O2/c1-13-6-5-7-16(10-13)24-12-15(23)11-20-19-14(2)21-17-8-3-4-9-18(17)22-19/h3-10,15,23H,11-12H2,1-2H3,(H,20,22).